The second-order valence-corrected chi connectivity index (χ2v) is 5.75. The number of hydrogen-bond donors (Lipinski definition) is 1. The molecule has 0 saturated carbocycles. The highest BCUT2D eigenvalue weighted by Gasteiger charge is 2.10. The van der Waals surface area contributed by atoms with Crippen LogP contribution in [0.4, 0.5) is 0 Å². The monoisotopic (exact) mass is 288 g/mol. The molecule has 0 atom stereocenters. The van der Waals surface area contributed by atoms with Crippen LogP contribution < -0.4 is 5.32 Å². The fraction of sp³-hybridized carbons (Fsp3) is 0.143. The van der Waals surface area contributed by atoms with Gasteiger partial charge in [0.1, 0.15) is 0 Å². The smallest absolute Gasteiger partial charge is 0.252 e. The number of nitrogens with one attached hydrogen (secondary N) is 1. The Balaban J connectivity index is 2.04. The summed E-state index contributed by atoms with van der Waals surface area (Å²) in [5, 5.41) is 13.5. The van der Waals surface area contributed by atoms with Gasteiger partial charge in [-0.1, -0.05) is 18.2 Å². The van der Waals surface area contributed by atoms with Crippen LogP contribution in [0.2, 0.25) is 0 Å². The van der Waals surface area contributed by atoms with Crippen LogP contribution in [0.1, 0.15) is 15.2 Å². The first kappa shape index (κ1) is 13.7. The summed E-state index contributed by atoms with van der Waals surface area (Å²) in [6.45, 7) is 0.535. The third-order valence-corrected chi connectivity index (χ3v) is 4.24. The molecule has 2 aromatic rings. The van der Waals surface area contributed by atoms with E-state index in [2.05, 4.69) is 11.4 Å². The molecule has 0 bridgehead atoms. The third kappa shape index (κ3) is 3.85. The van der Waals surface area contributed by atoms with Crippen molar-refractivity contribution in [2.75, 3.05) is 5.75 Å². The minimum absolute atomic E-state index is 0.102. The summed E-state index contributed by atoms with van der Waals surface area (Å²) in [6.07, 6.45) is 0. The van der Waals surface area contributed by atoms with Crippen molar-refractivity contribution >= 4 is 29.0 Å². The molecule has 0 unspecified atom stereocenters. The summed E-state index contributed by atoms with van der Waals surface area (Å²) >= 11 is 2.99. The van der Waals surface area contributed by atoms with Gasteiger partial charge in [0, 0.05) is 9.77 Å². The molecule has 0 spiro atoms. The molecule has 1 aromatic carbocycles. The summed E-state index contributed by atoms with van der Waals surface area (Å²) in [7, 11) is 0. The molecule has 1 amide bonds. The zero-order valence-corrected chi connectivity index (χ0v) is 11.8. The first-order chi connectivity index (χ1) is 9.31. The van der Waals surface area contributed by atoms with E-state index in [1.807, 2.05) is 35.7 Å². The molecule has 0 fully saturated rings. The Hall–Kier alpha value is -1.77. The second-order valence-electron chi connectivity index (χ2n) is 3.70. The zero-order valence-electron chi connectivity index (χ0n) is 10.1. The highest BCUT2D eigenvalue weighted by atomic mass is 32.2. The molecule has 0 aliphatic carbocycles. The SMILES string of the molecule is N#CCSc1ccccc1C(=O)NCc1cccs1. The van der Waals surface area contributed by atoms with E-state index < -0.39 is 0 Å². The molecular formula is C14H12N2OS2. The van der Waals surface area contributed by atoms with E-state index in [1.165, 1.54) is 11.8 Å². The number of benzene rings is 1. The average molecular weight is 288 g/mol. The van der Waals surface area contributed by atoms with Crippen LogP contribution in [-0.4, -0.2) is 11.7 Å². The van der Waals surface area contributed by atoms with Crippen molar-refractivity contribution in [1.29, 1.82) is 5.26 Å². The maximum Gasteiger partial charge on any atom is 0.252 e. The van der Waals surface area contributed by atoms with Gasteiger partial charge in [0.05, 0.1) is 23.9 Å². The minimum atomic E-state index is -0.102. The molecule has 1 aromatic heterocycles. The van der Waals surface area contributed by atoms with Crippen molar-refractivity contribution in [3.8, 4) is 6.07 Å². The second kappa shape index (κ2) is 6.98. The molecule has 96 valence electrons. The molecular weight excluding hydrogens is 276 g/mol. The molecule has 1 N–H and O–H groups in total. The normalized spacial score (nSPS) is 9.84. The number of carbonyl (C=O) groups excluding carboxylic acids is 1. The highest BCUT2D eigenvalue weighted by Crippen LogP contribution is 2.22. The van der Waals surface area contributed by atoms with E-state index in [0.717, 1.165) is 9.77 Å². The molecule has 0 aliphatic rings. The van der Waals surface area contributed by atoms with E-state index in [-0.39, 0.29) is 5.91 Å². The van der Waals surface area contributed by atoms with Crippen LogP contribution in [-0.2, 0) is 6.54 Å². The molecule has 5 heteroatoms. The third-order valence-electron chi connectivity index (χ3n) is 2.43. The van der Waals surface area contributed by atoms with Gasteiger partial charge in [-0.3, -0.25) is 4.79 Å². The summed E-state index contributed by atoms with van der Waals surface area (Å²) in [6, 6.07) is 13.4. The van der Waals surface area contributed by atoms with E-state index in [1.54, 1.807) is 17.4 Å². The van der Waals surface area contributed by atoms with Crippen LogP contribution in [0.25, 0.3) is 0 Å². The van der Waals surface area contributed by atoms with Crippen molar-refractivity contribution in [2.45, 2.75) is 11.4 Å². The number of nitriles is 1. The van der Waals surface area contributed by atoms with E-state index in [4.69, 9.17) is 5.26 Å². The number of carbonyl (C=O) groups is 1. The molecule has 0 radical (unpaired) electrons. The molecule has 0 aliphatic heterocycles. The standard InChI is InChI=1S/C14H12N2OS2/c15-7-9-19-13-6-2-1-5-12(13)14(17)16-10-11-4-3-8-18-11/h1-6,8H,9-10H2,(H,16,17). The lowest BCUT2D eigenvalue weighted by atomic mass is 10.2. The maximum atomic E-state index is 12.1. The molecule has 19 heavy (non-hydrogen) atoms. The highest BCUT2D eigenvalue weighted by molar-refractivity contribution is 7.99. The van der Waals surface area contributed by atoms with Crippen molar-refractivity contribution in [3.05, 3.63) is 52.2 Å². The van der Waals surface area contributed by atoms with Crippen LogP contribution in [0.5, 0.6) is 0 Å². The average Bonchev–Trinajstić information content (AvgIpc) is 2.96. The topological polar surface area (TPSA) is 52.9 Å². The number of amides is 1. The summed E-state index contributed by atoms with van der Waals surface area (Å²) in [5.74, 6) is 0.240. The summed E-state index contributed by atoms with van der Waals surface area (Å²) in [4.78, 5) is 14.1. The minimum Gasteiger partial charge on any atom is -0.347 e. The lowest BCUT2D eigenvalue weighted by Gasteiger charge is -2.08. The molecule has 2 rings (SSSR count). The number of nitrogens with zero attached hydrogens (tertiary/aromatic N) is 1. The maximum absolute atomic E-state index is 12.1. The molecule has 0 saturated heterocycles. The Bertz CT molecular complexity index is 588. The van der Waals surface area contributed by atoms with E-state index in [0.29, 0.717) is 17.9 Å². The number of rotatable bonds is 5. The Morgan fingerprint density at radius 3 is 2.89 bits per heavy atom. The van der Waals surface area contributed by atoms with Gasteiger partial charge in [-0.05, 0) is 23.6 Å². The Morgan fingerprint density at radius 1 is 1.32 bits per heavy atom. The van der Waals surface area contributed by atoms with Crippen molar-refractivity contribution in [1.82, 2.24) is 5.32 Å². The Kier molecular flexibility index (Phi) is 5.01. The van der Waals surface area contributed by atoms with Crippen LogP contribution in [0, 0.1) is 11.3 Å². The number of thioether (sulfide) groups is 1. The van der Waals surface area contributed by atoms with Gasteiger partial charge in [-0.2, -0.15) is 5.26 Å². The van der Waals surface area contributed by atoms with Gasteiger partial charge < -0.3 is 5.32 Å². The molecule has 1 heterocycles. The van der Waals surface area contributed by atoms with Crippen LogP contribution in [0.15, 0.2) is 46.7 Å². The van der Waals surface area contributed by atoms with E-state index >= 15 is 0 Å². The van der Waals surface area contributed by atoms with Gasteiger partial charge >= 0.3 is 0 Å². The summed E-state index contributed by atoms with van der Waals surface area (Å²) in [5.41, 5.74) is 0.624. The van der Waals surface area contributed by atoms with Crippen molar-refractivity contribution in [2.24, 2.45) is 0 Å². The predicted octanol–water partition coefficient (Wildman–Crippen LogP) is 3.29. The van der Waals surface area contributed by atoms with E-state index in [9.17, 15) is 4.79 Å². The largest absolute Gasteiger partial charge is 0.347 e. The van der Waals surface area contributed by atoms with Crippen molar-refractivity contribution < 1.29 is 4.79 Å². The van der Waals surface area contributed by atoms with Gasteiger partial charge in [0.2, 0.25) is 0 Å². The van der Waals surface area contributed by atoms with Gasteiger partial charge in [0.15, 0.2) is 0 Å². The Morgan fingerprint density at radius 2 is 2.16 bits per heavy atom. The van der Waals surface area contributed by atoms with Crippen molar-refractivity contribution in [3.63, 3.8) is 0 Å². The predicted molar refractivity (Wildman–Crippen MR) is 78.3 cm³/mol. The summed E-state index contributed by atoms with van der Waals surface area (Å²) < 4.78 is 0. The fourth-order valence-electron chi connectivity index (χ4n) is 1.57. The number of hydrogen-bond acceptors (Lipinski definition) is 4. The molecule has 3 nitrogen and oxygen atoms in total. The van der Waals surface area contributed by atoms with Gasteiger partial charge in [-0.25, -0.2) is 0 Å². The number of thiophene rings is 1. The van der Waals surface area contributed by atoms with Crippen LogP contribution in [0.3, 0.4) is 0 Å². The van der Waals surface area contributed by atoms with Gasteiger partial charge in [0.25, 0.3) is 5.91 Å². The van der Waals surface area contributed by atoms with Gasteiger partial charge in [-0.15, -0.1) is 23.1 Å². The lowest BCUT2D eigenvalue weighted by Crippen LogP contribution is -2.22. The first-order valence-corrected chi connectivity index (χ1v) is 7.57. The fourth-order valence-corrected chi connectivity index (χ4v) is 2.92. The quantitative estimate of drug-likeness (QED) is 0.859. The Labute approximate surface area is 120 Å². The first-order valence-electron chi connectivity index (χ1n) is 5.70. The zero-order chi connectivity index (χ0) is 13.5. The van der Waals surface area contributed by atoms with Crippen LogP contribution >= 0.6 is 23.1 Å². The lowest BCUT2D eigenvalue weighted by molar-refractivity contribution is 0.0948.